The molecule has 0 bridgehead atoms. The number of aryl methyl sites for hydroxylation is 1. The number of nitrogens with zero attached hydrogens (tertiary/aromatic N) is 1. The number of aliphatic hydroxyl groups is 1. The number of amides is 1. The summed E-state index contributed by atoms with van der Waals surface area (Å²) in [4.78, 5) is 27.3. The van der Waals surface area contributed by atoms with Crippen LogP contribution in [-0.2, 0) is 14.3 Å². The van der Waals surface area contributed by atoms with Crippen LogP contribution in [-0.4, -0.2) is 46.1 Å². The SMILES string of the molecule is Cc1ccc(C(O)=C2C(=O)C(=O)N(CC3CCCO3)C2c2ccc(O)cc2)cc1. The first-order valence-electron chi connectivity index (χ1n) is 9.71. The first-order chi connectivity index (χ1) is 14.0. The van der Waals surface area contributed by atoms with E-state index in [4.69, 9.17) is 4.74 Å². The highest BCUT2D eigenvalue weighted by atomic mass is 16.5. The molecule has 4 rings (SSSR count). The van der Waals surface area contributed by atoms with Gasteiger partial charge in [0.25, 0.3) is 11.7 Å². The maximum absolute atomic E-state index is 12.9. The molecule has 150 valence electrons. The molecular weight excluding hydrogens is 370 g/mol. The molecule has 2 unspecified atom stereocenters. The van der Waals surface area contributed by atoms with Crippen LogP contribution in [0.25, 0.3) is 5.76 Å². The normalized spacial score (nSPS) is 23.7. The van der Waals surface area contributed by atoms with Crippen molar-refractivity contribution in [3.63, 3.8) is 0 Å². The summed E-state index contributed by atoms with van der Waals surface area (Å²) >= 11 is 0. The number of phenolic OH excluding ortho intramolecular Hbond substituents is 1. The molecule has 2 heterocycles. The highest BCUT2D eigenvalue weighted by Gasteiger charge is 2.47. The molecule has 1 amide bonds. The molecule has 0 saturated carbocycles. The number of likely N-dealkylation sites (tertiary alicyclic amines) is 1. The summed E-state index contributed by atoms with van der Waals surface area (Å²) in [7, 11) is 0. The fourth-order valence-electron chi connectivity index (χ4n) is 3.95. The van der Waals surface area contributed by atoms with Gasteiger partial charge in [0.15, 0.2) is 0 Å². The number of benzene rings is 2. The third-order valence-corrected chi connectivity index (χ3v) is 5.50. The van der Waals surface area contributed by atoms with Crippen molar-refractivity contribution < 1.29 is 24.5 Å². The quantitative estimate of drug-likeness (QED) is 0.473. The number of phenols is 1. The lowest BCUT2D eigenvalue weighted by atomic mass is 9.95. The van der Waals surface area contributed by atoms with Gasteiger partial charge in [-0.25, -0.2) is 0 Å². The van der Waals surface area contributed by atoms with Gasteiger partial charge in [0.2, 0.25) is 0 Å². The second kappa shape index (κ2) is 7.72. The number of rotatable bonds is 4. The third-order valence-electron chi connectivity index (χ3n) is 5.50. The summed E-state index contributed by atoms with van der Waals surface area (Å²) in [5.74, 6) is -1.47. The summed E-state index contributed by atoms with van der Waals surface area (Å²) in [6.07, 6.45) is 1.61. The maximum Gasteiger partial charge on any atom is 0.295 e. The van der Waals surface area contributed by atoms with Gasteiger partial charge in [-0.3, -0.25) is 9.59 Å². The second-order valence-corrected chi connectivity index (χ2v) is 7.54. The average Bonchev–Trinajstić information content (AvgIpc) is 3.31. The highest BCUT2D eigenvalue weighted by molar-refractivity contribution is 6.46. The van der Waals surface area contributed by atoms with Crippen LogP contribution in [0.3, 0.4) is 0 Å². The minimum atomic E-state index is -0.735. The summed E-state index contributed by atoms with van der Waals surface area (Å²) in [5, 5.41) is 20.6. The number of aromatic hydroxyl groups is 1. The van der Waals surface area contributed by atoms with Gasteiger partial charge in [-0.05, 0) is 37.5 Å². The lowest BCUT2D eigenvalue weighted by Gasteiger charge is -2.27. The van der Waals surface area contributed by atoms with E-state index in [9.17, 15) is 19.8 Å². The molecule has 2 saturated heterocycles. The van der Waals surface area contributed by atoms with Gasteiger partial charge in [-0.2, -0.15) is 0 Å². The van der Waals surface area contributed by atoms with Crippen molar-refractivity contribution in [1.29, 1.82) is 0 Å². The molecule has 2 fully saturated rings. The Kier molecular flexibility index (Phi) is 5.11. The number of ketones is 1. The molecule has 6 heteroatoms. The van der Waals surface area contributed by atoms with Crippen LogP contribution in [0.1, 0.15) is 35.6 Å². The molecule has 0 aromatic heterocycles. The second-order valence-electron chi connectivity index (χ2n) is 7.54. The van der Waals surface area contributed by atoms with E-state index in [1.165, 1.54) is 17.0 Å². The van der Waals surface area contributed by atoms with Gasteiger partial charge in [0.1, 0.15) is 11.5 Å². The Morgan fingerprint density at radius 1 is 1.10 bits per heavy atom. The van der Waals surface area contributed by atoms with Crippen LogP contribution < -0.4 is 0 Å². The maximum atomic E-state index is 12.9. The van der Waals surface area contributed by atoms with Crippen LogP contribution in [0.2, 0.25) is 0 Å². The predicted molar refractivity (Wildman–Crippen MR) is 107 cm³/mol. The van der Waals surface area contributed by atoms with Crippen molar-refractivity contribution in [3.8, 4) is 5.75 Å². The lowest BCUT2D eigenvalue weighted by Crippen LogP contribution is -2.36. The van der Waals surface area contributed by atoms with E-state index in [0.29, 0.717) is 17.7 Å². The van der Waals surface area contributed by atoms with Gasteiger partial charge in [0.05, 0.1) is 17.7 Å². The van der Waals surface area contributed by atoms with E-state index in [1.54, 1.807) is 24.3 Å². The Balaban J connectivity index is 1.81. The Labute approximate surface area is 169 Å². The fourth-order valence-corrected chi connectivity index (χ4v) is 3.95. The van der Waals surface area contributed by atoms with E-state index >= 15 is 0 Å². The van der Waals surface area contributed by atoms with Crippen molar-refractivity contribution in [2.45, 2.75) is 31.9 Å². The molecule has 2 aliphatic rings. The Morgan fingerprint density at radius 3 is 2.41 bits per heavy atom. The molecule has 0 spiro atoms. The smallest absolute Gasteiger partial charge is 0.295 e. The van der Waals surface area contributed by atoms with E-state index in [1.807, 2.05) is 19.1 Å². The topological polar surface area (TPSA) is 87.1 Å². The van der Waals surface area contributed by atoms with Crippen LogP contribution in [0.15, 0.2) is 54.1 Å². The van der Waals surface area contributed by atoms with Crippen molar-refractivity contribution in [2.24, 2.45) is 0 Å². The Bertz CT molecular complexity index is 956. The van der Waals surface area contributed by atoms with Gasteiger partial charge in [0, 0.05) is 18.7 Å². The zero-order chi connectivity index (χ0) is 20.5. The summed E-state index contributed by atoms with van der Waals surface area (Å²) < 4.78 is 5.67. The zero-order valence-electron chi connectivity index (χ0n) is 16.2. The minimum absolute atomic E-state index is 0.0579. The number of Topliss-reactive ketones (excluding diaryl/α,β-unsaturated/α-hetero) is 1. The summed E-state index contributed by atoms with van der Waals surface area (Å²) in [6.45, 7) is 2.85. The Hall–Kier alpha value is -3.12. The molecular formula is C23H23NO5. The highest BCUT2D eigenvalue weighted by Crippen LogP contribution is 2.40. The van der Waals surface area contributed by atoms with Crippen molar-refractivity contribution in [3.05, 3.63) is 70.8 Å². The van der Waals surface area contributed by atoms with Crippen molar-refractivity contribution in [1.82, 2.24) is 4.90 Å². The third kappa shape index (κ3) is 3.63. The predicted octanol–water partition coefficient (Wildman–Crippen LogP) is 3.30. The van der Waals surface area contributed by atoms with E-state index in [0.717, 1.165) is 18.4 Å². The molecule has 2 aromatic carbocycles. The fraction of sp³-hybridized carbons (Fsp3) is 0.304. The number of carbonyl (C=O) groups is 2. The Morgan fingerprint density at radius 2 is 1.79 bits per heavy atom. The van der Waals surface area contributed by atoms with Crippen LogP contribution in [0.5, 0.6) is 5.75 Å². The van der Waals surface area contributed by atoms with Crippen LogP contribution >= 0.6 is 0 Å². The molecule has 0 aliphatic carbocycles. The first-order valence-corrected chi connectivity index (χ1v) is 9.71. The monoisotopic (exact) mass is 393 g/mol. The molecule has 0 radical (unpaired) electrons. The van der Waals surface area contributed by atoms with E-state index in [2.05, 4.69) is 0 Å². The summed E-state index contributed by atoms with van der Waals surface area (Å²) in [5.41, 5.74) is 2.21. The van der Waals surface area contributed by atoms with Gasteiger partial charge >= 0.3 is 0 Å². The molecule has 6 nitrogen and oxygen atoms in total. The number of aliphatic hydroxyl groups excluding tert-OH is 1. The van der Waals surface area contributed by atoms with Gasteiger partial charge in [-0.15, -0.1) is 0 Å². The molecule has 29 heavy (non-hydrogen) atoms. The van der Waals surface area contributed by atoms with Crippen LogP contribution in [0, 0.1) is 6.92 Å². The summed E-state index contributed by atoms with van der Waals surface area (Å²) in [6, 6.07) is 12.7. The van der Waals surface area contributed by atoms with Crippen molar-refractivity contribution in [2.75, 3.05) is 13.2 Å². The average molecular weight is 393 g/mol. The van der Waals surface area contributed by atoms with Crippen molar-refractivity contribution >= 4 is 17.4 Å². The number of carbonyl (C=O) groups excluding carboxylic acids is 2. The van der Waals surface area contributed by atoms with E-state index < -0.39 is 17.7 Å². The molecule has 2 N–H and O–H groups in total. The number of hydrogen-bond donors (Lipinski definition) is 2. The molecule has 2 aromatic rings. The van der Waals surface area contributed by atoms with Gasteiger partial charge < -0.3 is 19.8 Å². The molecule has 2 aliphatic heterocycles. The largest absolute Gasteiger partial charge is 0.508 e. The standard InChI is InChI=1S/C23H23NO5/c1-14-4-6-16(7-5-14)21(26)19-20(15-8-10-17(25)11-9-15)24(23(28)22(19)27)13-18-3-2-12-29-18/h4-11,18,20,25-26H,2-3,12-13H2,1H3. The molecule has 2 atom stereocenters. The van der Waals surface area contributed by atoms with Crippen LogP contribution in [0.4, 0.5) is 0 Å². The lowest BCUT2D eigenvalue weighted by molar-refractivity contribution is -0.140. The van der Waals surface area contributed by atoms with E-state index in [-0.39, 0.29) is 29.7 Å². The number of ether oxygens (including phenoxy) is 1. The van der Waals surface area contributed by atoms with Gasteiger partial charge in [-0.1, -0.05) is 42.0 Å². The first kappa shape index (κ1) is 19.2. The number of hydrogen-bond acceptors (Lipinski definition) is 5. The zero-order valence-corrected chi connectivity index (χ0v) is 16.2. The minimum Gasteiger partial charge on any atom is -0.508 e.